The highest BCUT2D eigenvalue weighted by atomic mass is 32.1. The number of aliphatic hydroxyl groups excluding tert-OH is 1. The van der Waals surface area contributed by atoms with Gasteiger partial charge in [0.25, 0.3) is 5.24 Å². The molecule has 0 radical (unpaired) electrons. The molecule has 0 saturated carbocycles. The highest BCUT2D eigenvalue weighted by Gasteiger charge is 2.33. The minimum Gasteiger partial charge on any atom is -0.394 e. The molecular formula is C14H29NO2S. The Morgan fingerprint density at radius 1 is 1.28 bits per heavy atom. The van der Waals surface area contributed by atoms with Gasteiger partial charge in [0.15, 0.2) is 0 Å². The summed E-state index contributed by atoms with van der Waals surface area (Å²) in [5.41, 5.74) is 0.311. The molecule has 2 N–H and O–H groups in total. The van der Waals surface area contributed by atoms with Crippen molar-refractivity contribution in [3.05, 3.63) is 0 Å². The average Bonchev–Trinajstić information content (AvgIpc) is 2.13. The van der Waals surface area contributed by atoms with Crippen LogP contribution in [0.3, 0.4) is 0 Å². The first-order valence-corrected chi connectivity index (χ1v) is 7.05. The summed E-state index contributed by atoms with van der Waals surface area (Å²) in [5, 5.41) is 11.6. The molecule has 0 spiro atoms. The second-order valence-electron chi connectivity index (χ2n) is 7.02. The van der Waals surface area contributed by atoms with Gasteiger partial charge in [-0.3, -0.25) is 4.79 Å². The number of hydrogen-bond donors (Lipinski definition) is 3. The van der Waals surface area contributed by atoms with Gasteiger partial charge in [0.05, 0.1) is 12.6 Å². The van der Waals surface area contributed by atoms with E-state index in [4.69, 9.17) is 0 Å². The minimum atomic E-state index is -0.382. The van der Waals surface area contributed by atoms with E-state index in [1.165, 1.54) is 0 Å². The van der Waals surface area contributed by atoms with E-state index in [2.05, 4.69) is 59.5 Å². The molecule has 0 aromatic heterocycles. The molecular weight excluding hydrogens is 246 g/mol. The Balaban J connectivity index is 4.58. The fourth-order valence-electron chi connectivity index (χ4n) is 2.51. The first-order chi connectivity index (χ1) is 8.00. The average molecular weight is 275 g/mol. The molecule has 108 valence electrons. The lowest BCUT2D eigenvalue weighted by Crippen LogP contribution is -2.39. The van der Waals surface area contributed by atoms with Crippen molar-refractivity contribution < 1.29 is 9.90 Å². The van der Waals surface area contributed by atoms with Crippen molar-refractivity contribution in [1.29, 1.82) is 0 Å². The fourth-order valence-corrected chi connectivity index (χ4v) is 2.70. The van der Waals surface area contributed by atoms with Crippen LogP contribution in [0.2, 0.25) is 0 Å². The van der Waals surface area contributed by atoms with Gasteiger partial charge in [0.1, 0.15) is 0 Å². The van der Waals surface area contributed by atoms with Crippen LogP contribution in [0.1, 0.15) is 54.4 Å². The summed E-state index contributed by atoms with van der Waals surface area (Å²) in [6.07, 6.45) is 1.81. The Labute approximate surface area is 117 Å². The van der Waals surface area contributed by atoms with Crippen LogP contribution in [0, 0.1) is 16.7 Å². The van der Waals surface area contributed by atoms with E-state index in [0.717, 1.165) is 12.8 Å². The summed E-state index contributed by atoms with van der Waals surface area (Å²) in [6.45, 7) is 13.3. The highest BCUT2D eigenvalue weighted by molar-refractivity contribution is 7.96. The maximum atomic E-state index is 10.9. The van der Waals surface area contributed by atoms with Crippen LogP contribution in [0.4, 0.5) is 4.79 Å². The van der Waals surface area contributed by atoms with Crippen molar-refractivity contribution in [2.75, 3.05) is 6.61 Å². The van der Waals surface area contributed by atoms with Crippen LogP contribution in [-0.4, -0.2) is 23.0 Å². The third-order valence-corrected chi connectivity index (χ3v) is 3.97. The van der Waals surface area contributed by atoms with Crippen molar-refractivity contribution in [1.82, 2.24) is 5.32 Å². The Bertz CT molecular complexity index is 275. The van der Waals surface area contributed by atoms with Gasteiger partial charge in [-0.1, -0.05) is 54.2 Å². The van der Waals surface area contributed by atoms with E-state index in [1.807, 2.05) is 0 Å². The van der Waals surface area contributed by atoms with E-state index in [-0.39, 0.29) is 28.7 Å². The van der Waals surface area contributed by atoms with Gasteiger partial charge >= 0.3 is 0 Å². The number of carbonyl (C=O) groups excluding carboxylic acids is 1. The normalized spacial score (nSPS) is 14.7. The van der Waals surface area contributed by atoms with Crippen LogP contribution < -0.4 is 5.32 Å². The maximum absolute atomic E-state index is 10.9. The number of rotatable bonds is 7. The number of hydrogen-bond acceptors (Lipinski definition) is 2. The van der Waals surface area contributed by atoms with E-state index < -0.39 is 0 Å². The number of thiol groups is 1. The topological polar surface area (TPSA) is 49.3 Å². The van der Waals surface area contributed by atoms with Gasteiger partial charge < -0.3 is 10.4 Å². The van der Waals surface area contributed by atoms with Gasteiger partial charge in [-0.15, -0.1) is 0 Å². The molecule has 0 aliphatic rings. The predicted octanol–water partition coefficient (Wildman–Crippen LogP) is 3.48. The third kappa shape index (κ3) is 6.64. The number of aliphatic hydroxyl groups is 1. The lowest BCUT2D eigenvalue weighted by atomic mass is 9.67. The SMILES string of the molecule is CC(C)C(C)(C)CC(C)(C)CC(CO)NC(=O)S. The summed E-state index contributed by atoms with van der Waals surface area (Å²) in [6, 6.07) is -0.215. The molecule has 1 atom stereocenters. The summed E-state index contributed by atoms with van der Waals surface area (Å²) in [5.74, 6) is 0.601. The Kier molecular flexibility index (Phi) is 6.72. The Hall–Kier alpha value is -0.220. The molecule has 0 saturated heterocycles. The lowest BCUT2D eigenvalue weighted by molar-refractivity contribution is 0.111. The standard InChI is InChI=1S/C14H29NO2S/c1-10(2)14(5,6)9-13(3,4)7-11(8-16)15-12(17)18/h10-11,16H,7-9H2,1-6H3,(H2,15,17,18). The molecule has 3 nitrogen and oxygen atoms in total. The second kappa shape index (κ2) is 6.80. The van der Waals surface area contributed by atoms with Crippen LogP contribution >= 0.6 is 12.6 Å². The van der Waals surface area contributed by atoms with Crippen LogP contribution in [0.5, 0.6) is 0 Å². The van der Waals surface area contributed by atoms with Gasteiger partial charge in [-0.05, 0) is 29.6 Å². The first-order valence-electron chi connectivity index (χ1n) is 6.60. The molecule has 0 aliphatic carbocycles. The van der Waals surface area contributed by atoms with Gasteiger partial charge in [-0.2, -0.15) is 0 Å². The summed E-state index contributed by atoms with van der Waals surface area (Å²) in [7, 11) is 0. The van der Waals surface area contributed by atoms with Crippen LogP contribution in [0.15, 0.2) is 0 Å². The molecule has 0 aromatic carbocycles. The van der Waals surface area contributed by atoms with Crippen molar-refractivity contribution in [3.8, 4) is 0 Å². The molecule has 18 heavy (non-hydrogen) atoms. The zero-order chi connectivity index (χ0) is 14.6. The van der Waals surface area contributed by atoms with E-state index in [9.17, 15) is 9.90 Å². The monoisotopic (exact) mass is 275 g/mol. The molecule has 1 amide bonds. The first kappa shape index (κ1) is 17.8. The van der Waals surface area contributed by atoms with Crippen molar-refractivity contribution >= 4 is 17.9 Å². The molecule has 0 heterocycles. The quantitative estimate of drug-likeness (QED) is 0.623. The second-order valence-corrected chi connectivity index (χ2v) is 7.42. The molecule has 1 unspecified atom stereocenters. The van der Waals surface area contributed by atoms with E-state index >= 15 is 0 Å². The van der Waals surface area contributed by atoms with Gasteiger partial charge in [-0.25, -0.2) is 0 Å². The fraction of sp³-hybridized carbons (Fsp3) is 0.929. The summed E-state index contributed by atoms with van der Waals surface area (Å²) >= 11 is 3.70. The third-order valence-electron chi connectivity index (χ3n) is 3.84. The summed E-state index contributed by atoms with van der Waals surface area (Å²) in [4.78, 5) is 10.9. The predicted molar refractivity (Wildman–Crippen MR) is 80.0 cm³/mol. The molecule has 0 rings (SSSR count). The van der Waals surface area contributed by atoms with Crippen LogP contribution in [0.25, 0.3) is 0 Å². The molecule has 0 aliphatic heterocycles. The van der Waals surface area contributed by atoms with E-state index in [1.54, 1.807) is 0 Å². The maximum Gasteiger partial charge on any atom is 0.276 e. The Morgan fingerprint density at radius 3 is 2.11 bits per heavy atom. The van der Waals surface area contributed by atoms with Crippen molar-refractivity contribution in [3.63, 3.8) is 0 Å². The number of amides is 1. The number of carbonyl (C=O) groups is 1. The Morgan fingerprint density at radius 2 is 1.78 bits per heavy atom. The van der Waals surface area contributed by atoms with Crippen molar-refractivity contribution in [2.24, 2.45) is 16.7 Å². The highest BCUT2D eigenvalue weighted by Crippen LogP contribution is 2.41. The molecule has 0 aromatic rings. The smallest absolute Gasteiger partial charge is 0.276 e. The lowest BCUT2D eigenvalue weighted by Gasteiger charge is -2.39. The van der Waals surface area contributed by atoms with Gasteiger partial charge in [0.2, 0.25) is 0 Å². The minimum absolute atomic E-state index is 0.0438. The van der Waals surface area contributed by atoms with Crippen LogP contribution in [-0.2, 0) is 0 Å². The zero-order valence-electron chi connectivity index (χ0n) is 12.6. The van der Waals surface area contributed by atoms with E-state index in [0.29, 0.717) is 5.92 Å². The molecule has 0 bridgehead atoms. The number of nitrogens with one attached hydrogen (secondary N) is 1. The molecule has 0 fully saturated rings. The van der Waals surface area contributed by atoms with Crippen molar-refractivity contribution in [2.45, 2.75) is 60.4 Å². The summed E-state index contributed by atoms with van der Waals surface area (Å²) < 4.78 is 0. The van der Waals surface area contributed by atoms with Gasteiger partial charge in [0, 0.05) is 0 Å². The molecule has 4 heteroatoms. The zero-order valence-corrected chi connectivity index (χ0v) is 13.5. The largest absolute Gasteiger partial charge is 0.394 e.